The molecule has 0 aromatic heterocycles. The molecular weight excluding hydrogens is 192 g/mol. The van der Waals surface area contributed by atoms with E-state index in [0.29, 0.717) is 5.70 Å². The Hall–Kier alpha value is -1.45. The van der Waals surface area contributed by atoms with Gasteiger partial charge in [0.25, 0.3) is 5.91 Å². The molecule has 84 valence electrons. The Morgan fingerprint density at radius 2 is 1.93 bits per heavy atom. The van der Waals surface area contributed by atoms with E-state index in [0.717, 1.165) is 25.9 Å². The first-order valence-electron chi connectivity index (χ1n) is 5.08. The summed E-state index contributed by atoms with van der Waals surface area (Å²) in [6.07, 6.45) is 3.45. The zero-order chi connectivity index (χ0) is 11.4. The van der Waals surface area contributed by atoms with E-state index < -0.39 is 0 Å². The summed E-state index contributed by atoms with van der Waals surface area (Å²) in [5.41, 5.74) is 0.611. The van der Waals surface area contributed by atoms with Gasteiger partial charge in [0.15, 0.2) is 5.76 Å². The second kappa shape index (κ2) is 4.87. The molecule has 1 aliphatic rings. The highest BCUT2D eigenvalue weighted by Gasteiger charge is 2.20. The molecule has 0 aliphatic carbocycles. The van der Waals surface area contributed by atoms with Crippen LogP contribution in [0.15, 0.2) is 24.1 Å². The molecule has 1 heterocycles. The summed E-state index contributed by atoms with van der Waals surface area (Å²) in [7, 11) is 3.62. The van der Waals surface area contributed by atoms with E-state index >= 15 is 0 Å². The standard InChI is InChI=1S/C11H18N2O2/c1-9(12(2)3)8-10(14)11(15)13-6-4-5-7-13/h8,14H,1,4-7H2,2-3H3/b10-8-. The highest BCUT2D eigenvalue weighted by atomic mass is 16.3. The van der Waals surface area contributed by atoms with Crippen LogP contribution < -0.4 is 0 Å². The zero-order valence-corrected chi connectivity index (χ0v) is 9.36. The maximum atomic E-state index is 11.7. The average molecular weight is 210 g/mol. The third-order valence-corrected chi connectivity index (χ3v) is 2.49. The van der Waals surface area contributed by atoms with Crippen LogP contribution in [0.1, 0.15) is 12.8 Å². The lowest BCUT2D eigenvalue weighted by Gasteiger charge is -2.16. The molecule has 0 radical (unpaired) electrons. The molecular formula is C11H18N2O2. The van der Waals surface area contributed by atoms with Gasteiger partial charge in [-0.25, -0.2) is 0 Å². The Labute approximate surface area is 90.5 Å². The molecule has 0 aromatic carbocycles. The topological polar surface area (TPSA) is 43.8 Å². The predicted molar refractivity (Wildman–Crippen MR) is 59.4 cm³/mol. The van der Waals surface area contributed by atoms with E-state index in [2.05, 4.69) is 6.58 Å². The number of likely N-dealkylation sites (tertiary alicyclic amines) is 1. The quantitative estimate of drug-likeness (QED) is 0.431. The normalized spacial score (nSPS) is 16.7. The van der Waals surface area contributed by atoms with Crippen molar-refractivity contribution in [2.75, 3.05) is 27.2 Å². The monoisotopic (exact) mass is 210 g/mol. The summed E-state index contributed by atoms with van der Waals surface area (Å²) in [5, 5.41) is 9.58. The van der Waals surface area contributed by atoms with Crippen LogP contribution in [0, 0.1) is 0 Å². The summed E-state index contributed by atoms with van der Waals surface area (Å²) in [6.45, 7) is 5.20. The van der Waals surface area contributed by atoms with Crippen LogP contribution in [0.25, 0.3) is 0 Å². The average Bonchev–Trinajstić information content (AvgIpc) is 2.68. The van der Waals surface area contributed by atoms with Gasteiger partial charge in [-0.1, -0.05) is 6.58 Å². The summed E-state index contributed by atoms with van der Waals surface area (Å²) >= 11 is 0. The Kier molecular flexibility index (Phi) is 3.77. The number of carbonyl (C=O) groups excluding carboxylic acids is 1. The van der Waals surface area contributed by atoms with Crippen molar-refractivity contribution in [3.63, 3.8) is 0 Å². The lowest BCUT2D eigenvalue weighted by molar-refractivity contribution is -0.128. The van der Waals surface area contributed by atoms with Crippen LogP contribution >= 0.6 is 0 Å². The third kappa shape index (κ3) is 3.01. The molecule has 1 N–H and O–H groups in total. The van der Waals surface area contributed by atoms with Crippen LogP contribution in [-0.4, -0.2) is 48.0 Å². The molecule has 0 atom stereocenters. The van der Waals surface area contributed by atoms with Gasteiger partial charge in [0.2, 0.25) is 0 Å². The molecule has 4 nitrogen and oxygen atoms in total. The molecule has 1 rings (SSSR count). The number of rotatable bonds is 3. The first kappa shape index (κ1) is 11.6. The van der Waals surface area contributed by atoms with Gasteiger partial charge in [0.1, 0.15) is 0 Å². The van der Waals surface area contributed by atoms with E-state index in [1.54, 1.807) is 9.80 Å². The number of nitrogens with zero attached hydrogens (tertiary/aromatic N) is 2. The fourth-order valence-electron chi connectivity index (χ4n) is 1.43. The number of amides is 1. The zero-order valence-electron chi connectivity index (χ0n) is 9.36. The molecule has 0 bridgehead atoms. The highest BCUT2D eigenvalue weighted by molar-refractivity contribution is 5.91. The number of hydrogen-bond donors (Lipinski definition) is 1. The Bertz CT molecular complexity index is 289. The van der Waals surface area contributed by atoms with Gasteiger partial charge < -0.3 is 14.9 Å². The Morgan fingerprint density at radius 1 is 1.40 bits per heavy atom. The number of aliphatic hydroxyl groups excluding tert-OH is 1. The van der Waals surface area contributed by atoms with Crippen molar-refractivity contribution in [2.24, 2.45) is 0 Å². The maximum absolute atomic E-state index is 11.7. The van der Waals surface area contributed by atoms with Gasteiger partial charge in [0.05, 0.1) is 0 Å². The van der Waals surface area contributed by atoms with Crippen molar-refractivity contribution in [1.29, 1.82) is 0 Å². The first-order valence-corrected chi connectivity index (χ1v) is 5.08. The second-order valence-electron chi connectivity index (χ2n) is 3.91. The van der Waals surface area contributed by atoms with Crippen molar-refractivity contribution >= 4 is 5.91 Å². The molecule has 15 heavy (non-hydrogen) atoms. The van der Waals surface area contributed by atoms with E-state index in [4.69, 9.17) is 0 Å². The summed E-state index contributed by atoms with van der Waals surface area (Å²) in [6, 6.07) is 0. The molecule has 0 unspecified atom stereocenters. The fraction of sp³-hybridized carbons (Fsp3) is 0.545. The molecule has 1 aliphatic heterocycles. The fourth-order valence-corrected chi connectivity index (χ4v) is 1.43. The maximum Gasteiger partial charge on any atom is 0.288 e. The van der Waals surface area contributed by atoms with Crippen LogP contribution in [-0.2, 0) is 4.79 Å². The molecule has 1 saturated heterocycles. The molecule has 0 aromatic rings. The van der Waals surface area contributed by atoms with Gasteiger partial charge in [-0.15, -0.1) is 0 Å². The van der Waals surface area contributed by atoms with Gasteiger partial charge in [0, 0.05) is 39.0 Å². The van der Waals surface area contributed by atoms with Gasteiger partial charge in [-0.3, -0.25) is 4.79 Å². The first-order chi connectivity index (χ1) is 7.02. The lowest BCUT2D eigenvalue weighted by Crippen LogP contribution is -2.29. The van der Waals surface area contributed by atoms with Crippen LogP contribution in [0.2, 0.25) is 0 Å². The largest absolute Gasteiger partial charge is 0.503 e. The molecule has 1 amide bonds. The minimum atomic E-state index is -0.296. The molecule has 1 fully saturated rings. The number of aliphatic hydroxyl groups is 1. The lowest BCUT2D eigenvalue weighted by atomic mass is 10.3. The summed E-state index contributed by atoms with van der Waals surface area (Å²) in [5.74, 6) is -0.522. The predicted octanol–water partition coefficient (Wildman–Crippen LogP) is 1.13. The Morgan fingerprint density at radius 3 is 2.40 bits per heavy atom. The van der Waals surface area contributed by atoms with Gasteiger partial charge in [-0.2, -0.15) is 0 Å². The second-order valence-corrected chi connectivity index (χ2v) is 3.91. The van der Waals surface area contributed by atoms with Crippen LogP contribution in [0.3, 0.4) is 0 Å². The van der Waals surface area contributed by atoms with Crippen molar-refractivity contribution in [2.45, 2.75) is 12.8 Å². The Balaban J connectivity index is 2.62. The minimum Gasteiger partial charge on any atom is -0.503 e. The van der Waals surface area contributed by atoms with E-state index in [9.17, 15) is 9.90 Å². The van der Waals surface area contributed by atoms with Crippen LogP contribution in [0.4, 0.5) is 0 Å². The van der Waals surface area contributed by atoms with E-state index in [-0.39, 0.29) is 11.7 Å². The third-order valence-electron chi connectivity index (χ3n) is 2.49. The molecule has 4 heteroatoms. The number of likely N-dealkylation sites (N-methyl/N-ethyl adjacent to an activating group) is 1. The number of allylic oxidation sites excluding steroid dienone is 1. The molecule has 0 saturated carbocycles. The smallest absolute Gasteiger partial charge is 0.288 e. The summed E-state index contributed by atoms with van der Waals surface area (Å²) < 4.78 is 0. The van der Waals surface area contributed by atoms with Crippen molar-refractivity contribution in [1.82, 2.24) is 9.80 Å². The number of hydrogen-bond acceptors (Lipinski definition) is 3. The molecule has 0 spiro atoms. The SMILES string of the molecule is C=C(/C=C(\O)C(=O)N1CCCC1)N(C)C. The van der Waals surface area contributed by atoms with E-state index in [1.165, 1.54) is 6.08 Å². The summed E-state index contributed by atoms with van der Waals surface area (Å²) in [4.78, 5) is 15.1. The number of carbonyl (C=O) groups is 1. The van der Waals surface area contributed by atoms with Crippen molar-refractivity contribution in [3.05, 3.63) is 24.1 Å². The van der Waals surface area contributed by atoms with Gasteiger partial charge >= 0.3 is 0 Å². The highest BCUT2D eigenvalue weighted by Crippen LogP contribution is 2.11. The minimum absolute atomic E-state index is 0.226. The van der Waals surface area contributed by atoms with Crippen molar-refractivity contribution < 1.29 is 9.90 Å². The van der Waals surface area contributed by atoms with Gasteiger partial charge in [-0.05, 0) is 12.8 Å². The van der Waals surface area contributed by atoms with E-state index in [1.807, 2.05) is 14.1 Å². The van der Waals surface area contributed by atoms with Crippen LogP contribution in [0.5, 0.6) is 0 Å². The van der Waals surface area contributed by atoms with Crippen molar-refractivity contribution in [3.8, 4) is 0 Å².